The zero-order valence-electron chi connectivity index (χ0n) is 29.0. The average Bonchev–Trinajstić information content (AvgIpc) is 3.52. The largest absolute Gasteiger partial charge is 0.457 e. The number of carbonyl (C=O) groups excluding carboxylic acids is 1. The minimum absolute atomic E-state index is 0.147. The Morgan fingerprint density at radius 2 is 1.67 bits per heavy atom. The monoisotopic (exact) mass is 701 g/mol. The third kappa shape index (κ3) is 7.29. The lowest BCUT2D eigenvalue weighted by atomic mass is 10.00. The van der Waals surface area contributed by atoms with Crippen molar-refractivity contribution in [3.8, 4) is 22.6 Å². The quantitative estimate of drug-likeness (QED) is 0.168. The third-order valence-electron chi connectivity index (χ3n) is 8.65. The lowest BCUT2D eigenvalue weighted by molar-refractivity contribution is 0.0223. The third-order valence-corrected chi connectivity index (χ3v) is 10.3. The summed E-state index contributed by atoms with van der Waals surface area (Å²) in [6, 6.07) is 28.0. The van der Waals surface area contributed by atoms with Crippen molar-refractivity contribution >= 4 is 33.0 Å². The van der Waals surface area contributed by atoms with Crippen LogP contribution in [0.2, 0.25) is 0 Å². The Bertz CT molecular complexity index is 2330. The summed E-state index contributed by atoms with van der Waals surface area (Å²) < 4.78 is 41.7. The van der Waals surface area contributed by atoms with Crippen LogP contribution in [-0.2, 0) is 34.3 Å². The van der Waals surface area contributed by atoms with Crippen molar-refractivity contribution in [1.29, 1.82) is 0 Å². The Balaban J connectivity index is 1.28. The van der Waals surface area contributed by atoms with Gasteiger partial charge in [-0.05, 0) is 98.8 Å². The molecule has 51 heavy (non-hydrogen) atoms. The van der Waals surface area contributed by atoms with Crippen molar-refractivity contribution in [1.82, 2.24) is 18.8 Å². The molecule has 10 nitrogen and oxygen atoms in total. The van der Waals surface area contributed by atoms with E-state index in [1.54, 1.807) is 53.8 Å². The first-order chi connectivity index (χ1) is 24.4. The number of fused-ring (bicyclic) bond motifs is 2. The molecule has 0 atom stereocenters. The molecule has 260 valence electrons. The van der Waals surface area contributed by atoms with E-state index in [2.05, 4.69) is 15.3 Å². The number of rotatable bonds is 8. The predicted octanol–water partition coefficient (Wildman–Crippen LogP) is 8.34. The molecule has 11 heteroatoms. The number of benzene rings is 3. The first-order valence-corrected chi connectivity index (χ1v) is 18.2. The molecule has 0 aliphatic carbocycles. The van der Waals surface area contributed by atoms with Crippen LogP contribution in [0.25, 0.3) is 22.2 Å². The van der Waals surface area contributed by atoms with Crippen LogP contribution in [-0.4, -0.2) is 45.5 Å². The summed E-state index contributed by atoms with van der Waals surface area (Å²) >= 11 is 0. The van der Waals surface area contributed by atoms with Gasteiger partial charge in [0.05, 0.1) is 10.3 Å². The predicted molar refractivity (Wildman–Crippen MR) is 197 cm³/mol. The van der Waals surface area contributed by atoms with Gasteiger partial charge in [-0.2, -0.15) is 0 Å². The lowest BCUT2D eigenvalue weighted by Gasteiger charge is -2.31. The Morgan fingerprint density at radius 3 is 2.43 bits per heavy atom. The normalized spacial score (nSPS) is 13.1. The highest BCUT2D eigenvalue weighted by Crippen LogP contribution is 2.40. The van der Waals surface area contributed by atoms with Gasteiger partial charge >= 0.3 is 6.09 Å². The molecule has 0 fully saturated rings. The average molecular weight is 702 g/mol. The Hall–Kier alpha value is -5.68. The van der Waals surface area contributed by atoms with Crippen LogP contribution >= 0.6 is 0 Å². The number of amides is 1. The number of carbonyl (C=O) groups is 1. The van der Waals surface area contributed by atoms with E-state index in [-0.39, 0.29) is 16.6 Å². The molecule has 1 aliphatic heterocycles. The van der Waals surface area contributed by atoms with E-state index in [9.17, 15) is 13.2 Å². The number of pyridine rings is 2. The van der Waals surface area contributed by atoms with E-state index >= 15 is 0 Å². The summed E-state index contributed by atoms with van der Waals surface area (Å²) in [5.74, 6) is 1.62. The van der Waals surface area contributed by atoms with Crippen LogP contribution in [0.15, 0.2) is 114 Å². The van der Waals surface area contributed by atoms with Crippen molar-refractivity contribution < 1.29 is 22.7 Å². The van der Waals surface area contributed by atoms with E-state index in [1.165, 1.54) is 3.97 Å². The molecule has 0 bridgehead atoms. The van der Waals surface area contributed by atoms with E-state index in [0.29, 0.717) is 54.3 Å². The molecular formula is C40H39N5O5S. The fourth-order valence-electron chi connectivity index (χ4n) is 6.10. The number of nitrogens with one attached hydrogen (secondary N) is 1. The number of hydrogen-bond acceptors (Lipinski definition) is 8. The van der Waals surface area contributed by atoms with Gasteiger partial charge in [-0.3, -0.25) is 0 Å². The van der Waals surface area contributed by atoms with E-state index in [0.717, 1.165) is 27.8 Å². The smallest absolute Gasteiger partial charge is 0.410 e. The number of hydrogen-bond donors (Lipinski definition) is 1. The van der Waals surface area contributed by atoms with Crippen molar-refractivity contribution in [2.45, 2.75) is 57.7 Å². The van der Waals surface area contributed by atoms with Crippen molar-refractivity contribution in [3.63, 3.8) is 0 Å². The Morgan fingerprint density at radius 1 is 0.902 bits per heavy atom. The Labute approximate surface area is 297 Å². The molecule has 4 heterocycles. The number of aromatic nitrogens is 3. The summed E-state index contributed by atoms with van der Waals surface area (Å²) in [5.41, 5.74) is 5.12. The summed E-state index contributed by atoms with van der Waals surface area (Å²) in [7, 11) is -4.04. The van der Waals surface area contributed by atoms with Gasteiger partial charge in [0.25, 0.3) is 10.0 Å². The van der Waals surface area contributed by atoms with Gasteiger partial charge in [0.2, 0.25) is 0 Å². The molecule has 1 N–H and O–H groups in total. The van der Waals surface area contributed by atoms with E-state index in [4.69, 9.17) is 9.47 Å². The standard InChI is InChI=1S/C40H39N5O5S/c1-27-10-14-33(15-11-27)51(47,48)45-26-34(30-16-19-41-36(23-30)43-24-28-8-6-5-7-9-28)37-35(17-20-42-38(37)45)49-32-13-12-29-18-21-44(25-31(29)22-32)39(46)50-40(2,3)4/h5-17,19-20,22-23,26H,18,21,24-25H2,1-4H3,(H,41,43). The zero-order chi connectivity index (χ0) is 35.8. The second kappa shape index (κ2) is 13.6. The van der Waals surface area contributed by atoms with Gasteiger partial charge in [0, 0.05) is 43.8 Å². The highest BCUT2D eigenvalue weighted by atomic mass is 32.2. The second-order valence-electron chi connectivity index (χ2n) is 13.6. The minimum Gasteiger partial charge on any atom is -0.457 e. The molecule has 1 aliphatic rings. The van der Waals surface area contributed by atoms with Gasteiger partial charge in [-0.15, -0.1) is 0 Å². The Kier molecular flexibility index (Phi) is 8.99. The molecule has 7 rings (SSSR count). The maximum absolute atomic E-state index is 14.1. The maximum Gasteiger partial charge on any atom is 0.410 e. The molecule has 0 unspecified atom stereocenters. The molecule has 3 aromatic carbocycles. The topological polar surface area (TPSA) is 116 Å². The van der Waals surface area contributed by atoms with E-state index in [1.807, 2.05) is 88.4 Å². The van der Waals surface area contributed by atoms with Crippen LogP contribution < -0.4 is 10.1 Å². The molecule has 0 radical (unpaired) electrons. The number of anilines is 1. The van der Waals surface area contributed by atoms with Crippen LogP contribution in [0, 0.1) is 6.92 Å². The number of ether oxygens (including phenoxy) is 2. The van der Waals surface area contributed by atoms with Gasteiger partial charge in [0.1, 0.15) is 22.9 Å². The SMILES string of the molecule is Cc1ccc(S(=O)(=O)n2cc(-c3ccnc(NCc4ccccc4)c3)c3c(Oc4ccc5c(c4)CN(C(=O)OC(C)(C)C)CC5)ccnc32)cc1. The molecule has 6 aromatic rings. The van der Waals surface area contributed by atoms with Gasteiger partial charge < -0.3 is 19.7 Å². The maximum atomic E-state index is 14.1. The van der Waals surface area contributed by atoms with Crippen LogP contribution in [0.1, 0.15) is 43.0 Å². The van der Waals surface area contributed by atoms with Crippen molar-refractivity contribution in [3.05, 3.63) is 132 Å². The minimum atomic E-state index is -4.04. The van der Waals surface area contributed by atoms with Gasteiger partial charge in [-0.1, -0.05) is 54.1 Å². The first-order valence-electron chi connectivity index (χ1n) is 16.8. The van der Waals surface area contributed by atoms with Crippen LogP contribution in [0.5, 0.6) is 11.5 Å². The summed E-state index contributed by atoms with van der Waals surface area (Å²) in [6.45, 7) is 8.99. The highest BCUT2D eigenvalue weighted by Gasteiger charge is 2.28. The summed E-state index contributed by atoms with van der Waals surface area (Å²) in [4.78, 5) is 23.8. The first kappa shape index (κ1) is 33.8. The van der Waals surface area contributed by atoms with Crippen LogP contribution in [0.3, 0.4) is 0 Å². The highest BCUT2D eigenvalue weighted by molar-refractivity contribution is 7.90. The van der Waals surface area contributed by atoms with Crippen molar-refractivity contribution in [2.24, 2.45) is 0 Å². The number of aryl methyl sites for hydroxylation is 1. The molecule has 1 amide bonds. The molecule has 0 saturated heterocycles. The van der Waals surface area contributed by atoms with Gasteiger partial charge in [-0.25, -0.2) is 27.2 Å². The zero-order valence-corrected chi connectivity index (χ0v) is 29.8. The summed E-state index contributed by atoms with van der Waals surface area (Å²) in [6.07, 6.45) is 5.18. The molecule has 0 spiro atoms. The lowest BCUT2D eigenvalue weighted by Crippen LogP contribution is -2.39. The summed E-state index contributed by atoms with van der Waals surface area (Å²) in [5, 5.41) is 3.90. The fourth-order valence-corrected chi connectivity index (χ4v) is 7.41. The second-order valence-corrected chi connectivity index (χ2v) is 15.4. The van der Waals surface area contributed by atoms with Crippen molar-refractivity contribution in [2.75, 3.05) is 11.9 Å². The molecule has 3 aromatic heterocycles. The van der Waals surface area contributed by atoms with Gasteiger partial charge in [0.15, 0.2) is 5.65 Å². The molecule has 0 saturated carbocycles. The molecular weight excluding hydrogens is 663 g/mol. The van der Waals surface area contributed by atoms with E-state index < -0.39 is 15.6 Å². The fraction of sp³-hybridized carbons (Fsp3) is 0.225. The number of nitrogens with zero attached hydrogens (tertiary/aromatic N) is 4. The van der Waals surface area contributed by atoms with Crippen LogP contribution in [0.4, 0.5) is 10.6 Å².